The van der Waals surface area contributed by atoms with E-state index in [0.717, 1.165) is 5.56 Å². The normalized spacial score (nSPS) is 25.2. The fraction of sp³-hybridized carbons (Fsp3) is 0.684. The number of β-amino-alcohol motifs (C(OH)–C–C–N with tert-alkyl or cyclic N) is 1. The SMILES string of the molecule is CC1COCC(COCC(O)CNC(C)(C)C)(c2ccccc2)O1.Cl. The molecular formula is C19H32ClNO4. The van der Waals surface area contributed by atoms with Crippen molar-refractivity contribution in [2.45, 2.75) is 51.0 Å². The Bertz CT molecular complexity index is 494. The molecule has 6 heteroatoms. The highest BCUT2D eigenvalue weighted by atomic mass is 35.5. The van der Waals surface area contributed by atoms with Gasteiger partial charge in [-0.15, -0.1) is 12.4 Å². The molecule has 1 saturated heterocycles. The summed E-state index contributed by atoms with van der Waals surface area (Å²) in [5, 5.41) is 13.4. The van der Waals surface area contributed by atoms with Gasteiger partial charge in [-0.1, -0.05) is 30.3 Å². The van der Waals surface area contributed by atoms with Crippen molar-refractivity contribution in [3.63, 3.8) is 0 Å². The van der Waals surface area contributed by atoms with E-state index in [1.165, 1.54) is 0 Å². The highest BCUT2D eigenvalue weighted by Crippen LogP contribution is 2.31. The van der Waals surface area contributed by atoms with Crippen LogP contribution in [0.5, 0.6) is 0 Å². The number of halogens is 1. The lowest BCUT2D eigenvalue weighted by molar-refractivity contribution is -0.222. The Morgan fingerprint density at radius 2 is 2.00 bits per heavy atom. The molecule has 1 aliphatic heterocycles. The van der Waals surface area contributed by atoms with Crippen LogP contribution in [0.4, 0.5) is 0 Å². The molecule has 0 amide bonds. The summed E-state index contributed by atoms with van der Waals surface area (Å²) in [5.41, 5.74) is 0.400. The largest absolute Gasteiger partial charge is 0.389 e. The van der Waals surface area contributed by atoms with Crippen LogP contribution in [-0.2, 0) is 19.8 Å². The average molecular weight is 374 g/mol. The summed E-state index contributed by atoms with van der Waals surface area (Å²) in [4.78, 5) is 0. The number of benzene rings is 1. The molecule has 0 radical (unpaired) electrons. The predicted molar refractivity (Wildman–Crippen MR) is 101 cm³/mol. The van der Waals surface area contributed by atoms with Gasteiger partial charge in [-0.2, -0.15) is 0 Å². The van der Waals surface area contributed by atoms with Gasteiger partial charge >= 0.3 is 0 Å². The minimum Gasteiger partial charge on any atom is -0.389 e. The van der Waals surface area contributed by atoms with Crippen LogP contribution in [0.3, 0.4) is 0 Å². The maximum atomic E-state index is 10.1. The van der Waals surface area contributed by atoms with Crippen LogP contribution in [0.15, 0.2) is 30.3 Å². The van der Waals surface area contributed by atoms with Crippen molar-refractivity contribution >= 4 is 12.4 Å². The van der Waals surface area contributed by atoms with E-state index in [1.54, 1.807) is 0 Å². The van der Waals surface area contributed by atoms with Gasteiger partial charge in [-0.25, -0.2) is 0 Å². The van der Waals surface area contributed by atoms with Gasteiger partial charge in [-0.3, -0.25) is 0 Å². The summed E-state index contributed by atoms with van der Waals surface area (Å²) in [7, 11) is 0. The molecule has 1 aliphatic rings. The number of rotatable bonds is 7. The lowest BCUT2D eigenvalue weighted by Crippen LogP contribution is -2.48. The van der Waals surface area contributed by atoms with Crippen LogP contribution < -0.4 is 5.32 Å². The van der Waals surface area contributed by atoms with Gasteiger partial charge in [-0.05, 0) is 33.3 Å². The Morgan fingerprint density at radius 1 is 1.32 bits per heavy atom. The Labute approximate surface area is 157 Å². The number of hydrogen-bond acceptors (Lipinski definition) is 5. The molecule has 2 rings (SSSR count). The van der Waals surface area contributed by atoms with E-state index in [1.807, 2.05) is 37.3 Å². The topological polar surface area (TPSA) is 60.0 Å². The molecule has 3 atom stereocenters. The van der Waals surface area contributed by atoms with Gasteiger partial charge in [0.25, 0.3) is 0 Å². The van der Waals surface area contributed by atoms with Crippen molar-refractivity contribution in [3.8, 4) is 0 Å². The number of aliphatic hydroxyl groups is 1. The lowest BCUT2D eigenvalue weighted by atomic mass is 9.94. The third-order valence-electron chi connectivity index (χ3n) is 3.93. The molecule has 5 nitrogen and oxygen atoms in total. The molecule has 1 fully saturated rings. The summed E-state index contributed by atoms with van der Waals surface area (Å²) < 4.78 is 17.7. The molecule has 1 heterocycles. The van der Waals surface area contributed by atoms with Crippen molar-refractivity contribution < 1.29 is 19.3 Å². The van der Waals surface area contributed by atoms with E-state index in [9.17, 15) is 5.11 Å². The van der Waals surface area contributed by atoms with E-state index >= 15 is 0 Å². The molecular weight excluding hydrogens is 342 g/mol. The maximum Gasteiger partial charge on any atom is 0.140 e. The van der Waals surface area contributed by atoms with Crippen LogP contribution in [0.1, 0.15) is 33.3 Å². The first kappa shape index (κ1) is 22.4. The number of aliphatic hydroxyl groups excluding tert-OH is 1. The molecule has 144 valence electrons. The first-order valence-corrected chi connectivity index (χ1v) is 8.63. The predicted octanol–water partition coefficient (Wildman–Crippen LogP) is 2.50. The zero-order valence-corrected chi connectivity index (χ0v) is 16.5. The summed E-state index contributed by atoms with van der Waals surface area (Å²) in [5.74, 6) is 0. The Morgan fingerprint density at radius 3 is 2.60 bits per heavy atom. The fourth-order valence-electron chi connectivity index (χ4n) is 2.74. The maximum absolute atomic E-state index is 10.1. The fourth-order valence-corrected chi connectivity index (χ4v) is 2.74. The first-order valence-electron chi connectivity index (χ1n) is 8.63. The van der Waals surface area contributed by atoms with Gasteiger partial charge < -0.3 is 24.6 Å². The standard InChI is InChI=1S/C19H31NO4.ClH/c1-15-11-22-13-19(24-15,16-8-6-5-7-9-16)14-23-12-17(21)10-20-18(2,3)4;/h5-9,15,17,20-21H,10-14H2,1-4H3;1H. The van der Waals surface area contributed by atoms with Gasteiger partial charge in [0.1, 0.15) is 5.60 Å². The van der Waals surface area contributed by atoms with E-state index < -0.39 is 11.7 Å². The first-order chi connectivity index (χ1) is 11.3. The third kappa shape index (κ3) is 7.21. The van der Waals surface area contributed by atoms with E-state index in [-0.39, 0.29) is 30.7 Å². The third-order valence-corrected chi connectivity index (χ3v) is 3.93. The van der Waals surface area contributed by atoms with Crippen LogP contribution in [0, 0.1) is 0 Å². The highest BCUT2D eigenvalue weighted by Gasteiger charge is 2.39. The minimum absolute atomic E-state index is 0. The zero-order valence-electron chi connectivity index (χ0n) is 15.7. The van der Waals surface area contributed by atoms with Crippen molar-refractivity contribution in [3.05, 3.63) is 35.9 Å². The van der Waals surface area contributed by atoms with Crippen LogP contribution in [-0.4, -0.2) is 55.8 Å². The second kappa shape index (κ2) is 9.86. The average Bonchev–Trinajstić information content (AvgIpc) is 2.53. The summed E-state index contributed by atoms with van der Waals surface area (Å²) >= 11 is 0. The van der Waals surface area contributed by atoms with Crippen molar-refractivity contribution in [2.75, 3.05) is 33.0 Å². The summed E-state index contributed by atoms with van der Waals surface area (Å²) in [6, 6.07) is 10.0. The number of ether oxygens (including phenoxy) is 3. The Kier molecular flexibility index (Phi) is 8.81. The minimum atomic E-state index is -0.615. The van der Waals surface area contributed by atoms with E-state index in [2.05, 4.69) is 26.1 Å². The molecule has 0 aliphatic carbocycles. The quantitative estimate of drug-likeness (QED) is 0.769. The summed E-state index contributed by atoms with van der Waals surface area (Å²) in [6.07, 6.45) is -0.547. The molecule has 0 aromatic heterocycles. The smallest absolute Gasteiger partial charge is 0.140 e. The molecule has 0 saturated carbocycles. The molecule has 3 unspecified atom stereocenters. The number of hydrogen-bond donors (Lipinski definition) is 2. The van der Waals surface area contributed by atoms with E-state index in [4.69, 9.17) is 14.2 Å². The molecule has 25 heavy (non-hydrogen) atoms. The van der Waals surface area contributed by atoms with Gasteiger partial charge in [0.15, 0.2) is 0 Å². The van der Waals surface area contributed by atoms with Crippen molar-refractivity contribution in [1.82, 2.24) is 5.32 Å². The van der Waals surface area contributed by atoms with Crippen LogP contribution in [0.25, 0.3) is 0 Å². The Balaban J connectivity index is 0.00000312. The van der Waals surface area contributed by atoms with Gasteiger partial charge in [0.05, 0.1) is 38.6 Å². The molecule has 0 spiro atoms. The summed E-state index contributed by atoms with van der Waals surface area (Å²) in [6.45, 7) is 10.4. The van der Waals surface area contributed by atoms with Crippen LogP contribution >= 0.6 is 12.4 Å². The monoisotopic (exact) mass is 373 g/mol. The van der Waals surface area contributed by atoms with Gasteiger partial charge in [0, 0.05) is 12.1 Å². The van der Waals surface area contributed by atoms with Gasteiger partial charge in [0.2, 0.25) is 0 Å². The number of nitrogens with one attached hydrogen (secondary N) is 1. The molecule has 1 aromatic rings. The highest BCUT2D eigenvalue weighted by molar-refractivity contribution is 5.85. The Hall–Kier alpha value is -0.690. The molecule has 0 bridgehead atoms. The van der Waals surface area contributed by atoms with E-state index in [0.29, 0.717) is 26.4 Å². The zero-order chi connectivity index (χ0) is 17.6. The lowest BCUT2D eigenvalue weighted by Gasteiger charge is -2.40. The molecule has 2 N–H and O–H groups in total. The van der Waals surface area contributed by atoms with Crippen molar-refractivity contribution in [2.24, 2.45) is 0 Å². The van der Waals surface area contributed by atoms with Crippen LogP contribution in [0.2, 0.25) is 0 Å². The second-order valence-corrected chi connectivity index (χ2v) is 7.60. The molecule has 1 aromatic carbocycles. The second-order valence-electron chi connectivity index (χ2n) is 7.60. The van der Waals surface area contributed by atoms with Crippen molar-refractivity contribution in [1.29, 1.82) is 0 Å².